The van der Waals surface area contributed by atoms with Crippen LogP contribution in [-0.2, 0) is 4.74 Å². The number of aliphatic hydroxyl groups excluding tert-OH is 1. The van der Waals surface area contributed by atoms with Gasteiger partial charge in [0.15, 0.2) is 0 Å². The van der Waals surface area contributed by atoms with Gasteiger partial charge in [0.05, 0.1) is 19.8 Å². The van der Waals surface area contributed by atoms with Gasteiger partial charge in [-0.15, -0.1) is 0 Å². The molecule has 1 saturated heterocycles. The van der Waals surface area contributed by atoms with Crippen molar-refractivity contribution in [2.75, 3.05) is 20.3 Å². The number of likely N-dealkylation sites (tertiary alicyclic amines) is 1. The highest BCUT2D eigenvalue weighted by Gasteiger charge is 2.26. The van der Waals surface area contributed by atoms with Crippen LogP contribution in [0, 0.1) is 0 Å². The van der Waals surface area contributed by atoms with E-state index in [9.17, 15) is 4.79 Å². The molecule has 12 heavy (non-hydrogen) atoms. The second-order valence-electron chi connectivity index (χ2n) is 3.00. The standard InChI is InChI=1S/C8H15NO3/c1-12-8(11)9-5-3-2-4-7(9)6-10/h7,10H,2-6H2,1H3/t7-/m0/s1. The van der Waals surface area contributed by atoms with E-state index in [1.54, 1.807) is 4.90 Å². The number of carbonyl (C=O) groups excluding carboxylic acids is 1. The summed E-state index contributed by atoms with van der Waals surface area (Å²) in [6, 6.07) is -0.0359. The number of rotatable bonds is 1. The maximum absolute atomic E-state index is 11.1. The van der Waals surface area contributed by atoms with Gasteiger partial charge in [0, 0.05) is 6.54 Å². The van der Waals surface area contributed by atoms with Gasteiger partial charge in [-0.2, -0.15) is 0 Å². The molecule has 1 aliphatic heterocycles. The van der Waals surface area contributed by atoms with Gasteiger partial charge in [0.1, 0.15) is 0 Å². The van der Waals surface area contributed by atoms with Crippen LogP contribution in [0.25, 0.3) is 0 Å². The van der Waals surface area contributed by atoms with Crippen LogP contribution in [0.5, 0.6) is 0 Å². The van der Waals surface area contributed by atoms with E-state index >= 15 is 0 Å². The highest BCUT2D eigenvalue weighted by atomic mass is 16.5. The minimum absolute atomic E-state index is 0.0359. The molecule has 0 unspecified atom stereocenters. The SMILES string of the molecule is COC(=O)N1CCCC[C@H]1CO. The molecule has 0 aliphatic carbocycles. The lowest BCUT2D eigenvalue weighted by Gasteiger charge is -2.33. The summed E-state index contributed by atoms with van der Waals surface area (Å²) in [5.74, 6) is 0. The number of hydrogen-bond acceptors (Lipinski definition) is 3. The number of aliphatic hydroxyl groups is 1. The zero-order valence-electron chi connectivity index (χ0n) is 7.32. The number of methoxy groups -OCH3 is 1. The zero-order valence-corrected chi connectivity index (χ0v) is 7.32. The first-order valence-corrected chi connectivity index (χ1v) is 4.25. The molecule has 1 aliphatic rings. The van der Waals surface area contributed by atoms with Crippen molar-refractivity contribution < 1.29 is 14.6 Å². The number of ether oxygens (including phenoxy) is 1. The molecule has 1 rings (SSSR count). The Bertz CT molecular complexity index is 160. The van der Waals surface area contributed by atoms with Crippen molar-refractivity contribution in [2.45, 2.75) is 25.3 Å². The van der Waals surface area contributed by atoms with Crippen LogP contribution >= 0.6 is 0 Å². The second-order valence-corrected chi connectivity index (χ2v) is 3.00. The fraction of sp³-hybridized carbons (Fsp3) is 0.875. The Morgan fingerprint density at radius 1 is 1.67 bits per heavy atom. The van der Waals surface area contributed by atoms with Crippen molar-refractivity contribution in [1.82, 2.24) is 4.90 Å². The van der Waals surface area contributed by atoms with Crippen molar-refractivity contribution in [2.24, 2.45) is 0 Å². The normalized spacial score (nSPS) is 23.8. The van der Waals surface area contributed by atoms with Crippen molar-refractivity contribution in [3.05, 3.63) is 0 Å². The minimum atomic E-state index is -0.325. The fourth-order valence-corrected chi connectivity index (χ4v) is 1.55. The van der Waals surface area contributed by atoms with Crippen molar-refractivity contribution in [3.8, 4) is 0 Å². The summed E-state index contributed by atoms with van der Waals surface area (Å²) in [4.78, 5) is 12.7. The van der Waals surface area contributed by atoms with Crippen LogP contribution in [-0.4, -0.2) is 42.4 Å². The Balaban J connectivity index is 2.52. The van der Waals surface area contributed by atoms with E-state index in [2.05, 4.69) is 4.74 Å². The molecule has 1 amide bonds. The first-order valence-electron chi connectivity index (χ1n) is 4.25. The Labute approximate surface area is 72.1 Å². The van der Waals surface area contributed by atoms with Gasteiger partial charge in [0.25, 0.3) is 0 Å². The molecular weight excluding hydrogens is 158 g/mol. The number of nitrogens with zero attached hydrogens (tertiary/aromatic N) is 1. The topological polar surface area (TPSA) is 49.8 Å². The largest absolute Gasteiger partial charge is 0.453 e. The third-order valence-corrected chi connectivity index (χ3v) is 2.25. The van der Waals surface area contributed by atoms with Crippen LogP contribution in [0.1, 0.15) is 19.3 Å². The molecule has 1 N–H and O–H groups in total. The Kier molecular flexibility index (Phi) is 3.34. The van der Waals surface area contributed by atoms with E-state index in [4.69, 9.17) is 5.11 Å². The second kappa shape index (κ2) is 4.30. The zero-order chi connectivity index (χ0) is 8.97. The molecule has 1 atom stereocenters. The number of hydrogen-bond donors (Lipinski definition) is 1. The molecular formula is C8H15NO3. The summed E-state index contributed by atoms with van der Waals surface area (Å²) in [5, 5.41) is 8.96. The van der Waals surface area contributed by atoms with Gasteiger partial charge in [-0.25, -0.2) is 4.79 Å². The number of amides is 1. The molecule has 0 aromatic rings. The number of carbonyl (C=O) groups is 1. The van der Waals surface area contributed by atoms with E-state index in [-0.39, 0.29) is 18.7 Å². The van der Waals surface area contributed by atoms with E-state index in [0.29, 0.717) is 6.54 Å². The van der Waals surface area contributed by atoms with Gasteiger partial charge < -0.3 is 14.7 Å². The molecule has 0 bridgehead atoms. The molecule has 4 heteroatoms. The third kappa shape index (κ3) is 1.88. The monoisotopic (exact) mass is 173 g/mol. The average molecular weight is 173 g/mol. The van der Waals surface area contributed by atoms with Crippen LogP contribution in [0.4, 0.5) is 4.79 Å². The van der Waals surface area contributed by atoms with E-state index in [0.717, 1.165) is 19.3 Å². The van der Waals surface area contributed by atoms with E-state index < -0.39 is 0 Å². The average Bonchev–Trinajstić information content (AvgIpc) is 2.16. The molecule has 1 heterocycles. The first-order chi connectivity index (χ1) is 5.79. The summed E-state index contributed by atoms with van der Waals surface area (Å²) in [5.41, 5.74) is 0. The van der Waals surface area contributed by atoms with Gasteiger partial charge >= 0.3 is 6.09 Å². The first kappa shape index (κ1) is 9.32. The predicted octanol–water partition coefficient (Wildman–Crippen LogP) is 0.600. The lowest BCUT2D eigenvalue weighted by Crippen LogP contribution is -2.45. The molecule has 0 aromatic heterocycles. The van der Waals surface area contributed by atoms with Gasteiger partial charge in [0.2, 0.25) is 0 Å². The minimum Gasteiger partial charge on any atom is -0.453 e. The van der Waals surface area contributed by atoms with Crippen molar-refractivity contribution in [1.29, 1.82) is 0 Å². The molecule has 0 spiro atoms. The predicted molar refractivity (Wildman–Crippen MR) is 43.8 cm³/mol. The van der Waals surface area contributed by atoms with Crippen molar-refractivity contribution in [3.63, 3.8) is 0 Å². The lowest BCUT2D eigenvalue weighted by molar-refractivity contribution is 0.0660. The molecule has 0 radical (unpaired) electrons. The number of piperidine rings is 1. The summed E-state index contributed by atoms with van der Waals surface area (Å²) in [7, 11) is 1.37. The van der Waals surface area contributed by atoms with Gasteiger partial charge in [-0.05, 0) is 19.3 Å². The quantitative estimate of drug-likeness (QED) is 0.631. The molecule has 0 aromatic carbocycles. The van der Waals surface area contributed by atoms with Crippen molar-refractivity contribution >= 4 is 6.09 Å². The maximum Gasteiger partial charge on any atom is 0.409 e. The van der Waals surface area contributed by atoms with Gasteiger partial charge in [-0.1, -0.05) is 0 Å². The van der Waals surface area contributed by atoms with E-state index in [1.807, 2.05) is 0 Å². The van der Waals surface area contributed by atoms with Crippen LogP contribution in [0.3, 0.4) is 0 Å². The molecule has 70 valence electrons. The van der Waals surface area contributed by atoms with Crippen LogP contribution < -0.4 is 0 Å². The van der Waals surface area contributed by atoms with Crippen LogP contribution in [0.15, 0.2) is 0 Å². The Hall–Kier alpha value is -0.770. The molecule has 1 fully saturated rings. The summed E-state index contributed by atoms with van der Waals surface area (Å²) >= 11 is 0. The van der Waals surface area contributed by atoms with E-state index in [1.165, 1.54) is 7.11 Å². The Morgan fingerprint density at radius 2 is 2.42 bits per heavy atom. The fourth-order valence-electron chi connectivity index (χ4n) is 1.55. The third-order valence-electron chi connectivity index (χ3n) is 2.25. The van der Waals surface area contributed by atoms with Crippen LogP contribution in [0.2, 0.25) is 0 Å². The highest BCUT2D eigenvalue weighted by molar-refractivity contribution is 5.67. The maximum atomic E-state index is 11.1. The summed E-state index contributed by atoms with van der Waals surface area (Å²) in [6.07, 6.45) is 2.64. The lowest BCUT2D eigenvalue weighted by atomic mass is 10.0. The molecule has 0 saturated carbocycles. The smallest absolute Gasteiger partial charge is 0.409 e. The highest BCUT2D eigenvalue weighted by Crippen LogP contribution is 2.16. The molecule has 4 nitrogen and oxygen atoms in total. The summed E-state index contributed by atoms with van der Waals surface area (Å²) in [6.45, 7) is 0.743. The summed E-state index contributed by atoms with van der Waals surface area (Å²) < 4.78 is 4.60. The Morgan fingerprint density at radius 3 is 3.00 bits per heavy atom. The van der Waals surface area contributed by atoms with Gasteiger partial charge in [-0.3, -0.25) is 0 Å².